The summed E-state index contributed by atoms with van der Waals surface area (Å²) in [7, 11) is 2.64. The number of aromatic nitrogens is 4. The number of methoxy groups -OCH3 is 2. The predicted molar refractivity (Wildman–Crippen MR) is 378 cm³/mol. The summed E-state index contributed by atoms with van der Waals surface area (Å²) in [5, 5.41) is 37.7. The third-order valence-electron chi connectivity index (χ3n) is 15.6. The normalized spacial score (nSPS) is 11.5. The van der Waals surface area contributed by atoms with Crippen LogP contribution in [0.1, 0.15) is 14.3 Å². The Morgan fingerprint density at radius 3 is 0.878 bits per heavy atom. The second-order valence-corrected chi connectivity index (χ2v) is 22.0. The van der Waals surface area contributed by atoms with Crippen LogP contribution in [-0.4, -0.2) is 172 Å². The first-order valence-electron chi connectivity index (χ1n) is 32.2. The zero-order valence-electron chi connectivity index (χ0n) is 57.6. The average Bonchev–Trinajstić information content (AvgIpc) is 1.65. The molecule has 0 amide bonds. The molecule has 2 N–H and O–H groups in total. The van der Waals surface area contributed by atoms with Crippen LogP contribution in [0.15, 0.2) is 194 Å². The second-order valence-electron chi connectivity index (χ2n) is 21.7. The number of esters is 2. The summed E-state index contributed by atoms with van der Waals surface area (Å²) in [6.07, 6.45) is 2.56. The number of aliphatic carboxylic acids is 1. The fraction of sp³-hybridized carbons (Fsp3) is 0.329. The molecule has 19 nitrogen and oxygen atoms in total. The molecular weight excluding hydrogens is 1290 g/mol. The number of hydrogen-bond acceptors (Lipinski definition) is 14. The number of rotatable bonds is 27. The third kappa shape index (κ3) is 23.5. The minimum atomic E-state index is -0.963. The molecule has 0 spiro atoms. The van der Waals surface area contributed by atoms with Crippen molar-refractivity contribution in [3.05, 3.63) is 194 Å². The molecule has 22 heteroatoms. The molecule has 12 aromatic rings. The van der Waals surface area contributed by atoms with Gasteiger partial charge in [-0.1, -0.05) is 146 Å². The maximum absolute atomic E-state index is 10.9. The molecule has 0 aliphatic carbocycles. The number of aliphatic hydroxyl groups is 1. The van der Waals surface area contributed by atoms with E-state index in [1.165, 1.54) is 114 Å². The van der Waals surface area contributed by atoms with Crippen molar-refractivity contribution in [2.45, 2.75) is 39.0 Å². The Balaban J connectivity index is 0.000000224. The summed E-state index contributed by atoms with van der Waals surface area (Å²) in [4.78, 5) is 31.1. The van der Waals surface area contributed by atoms with Crippen molar-refractivity contribution in [2.75, 3.05) is 126 Å². The Morgan fingerprint density at radius 1 is 0.398 bits per heavy atom. The van der Waals surface area contributed by atoms with E-state index < -0.39 is 11.9 Å². The van der Waals surface area contributed by atoms with E-state index in [4.69, 9.17) is 55.0 Å². The number of nitrogens with zero attached hydrogens (tertiary/aromatic N) is 4. The molecule has 13 rings (SSSR count). The zero-order chi connectivity index (χ0) is 67.5. The number of carboxylic acids is 1. The molecule has 1 saturated heterocycles. The number of aliphatic hydroxyl groups excluding tert-OH is 1. The van der Waals surface area contributed by atoms with Gasteiger partial charge in [0.15, 0.2) is 0 Å². The zero-order valence-corrected chi connectivity index (χ0v) is 61.4. The molecule has 5 heterocycles. The number of carboxylic acid groups (broad SMARTS) is 1. The Morgan fingerprint density at radius 2 is 0.653 bits per heavy atom. The number of alkyl halides is 1. The molecule has 4 aromatic heterocycles. The minimum Gasteiger partial charge on any atom is -1.00 e. The number of benzene rings is 8. The molecule has 8 aromatic carbocycles. The van der Waals surface area contributed by atoms with Gasteiger partial charge < -0.3 is 77.6 Å². The van der Waals surface area contributed by atoms with E-state index in [-0.39, 0.29) is 105 Å². The van der Waals surface area contributed by atoms with Crippen molar-refractivity contribution >= 4 is 117 Å². The van der Waals surface area contributed by atoms with E-state index in [0.29, 0.717) is 59.5 Å². The van der Waals surface area contributed by atoms with Crippen LogP contribution in [0.5, 0.6) is 0 Å². The van der Waals surface area contributed by atoms with Crippen molar-refractivity contribution in [1.29, 1.82) is 0 Å². The van der Waals surface area contributed by atoms with Gasteiger partial charge in [0.2, 0.25) is 0 Å². The summed E-state index contributed by atoms with van der Waals surface area (Å²) in [6.45, 7) is 9.20. The SMILES string of the molecule is C1CCOC1.COC(=O)CCl.COC(=O)COCCOCCn1c2ccccc2c2ccccc21.O=C(O)COCCOCCn1c2ccccc2c2ccccc21.OCCOCCn1c2ccccc2c2ccccc21.[H-].[Na+].[Na+].[O-]CCOCCn1c2ccccc2c2ccccc21. The molecule has 510 valence electrons. The van der Waals surface area contributed by atoms with Gasteiger partial charge in [-0.3, -0.25) is 4.79 Å². The van der Waals surface area contributed by atoms with E-state index >= 15 is 0 Å². The average molecular weight is 1380 g/mol. The molecule has 1 aliphatic rings. The minimum absolute atomic E-state index is 0. The summed E-state index contributed by atoms with van der Waals surface area (Å²) < 4.78 is 54.6. The quantitative estimate of drug-likeness (QED) is 0.0254. The van der Waals surface area contributed by atoms with Crippen LogP contribution in [-0.2, 0) is 83.2 Å². The Hall–Kier alpha value is -6.70. The summed E-state index contributed by atoms with van der Waals surface area (Å²) in [6, 6.07) is 67.1. The molecule has 98 heavy (non-hydrogen) atoms. The Kier molecular flexibility index (Phi) is 37.0. The molecular formula is C76H87ClN4Na2O15. The van der Waals surface area contributed by atoms with Crippen LogP contribution in [0.2, 0.25) is 0 Å². The smallest absolute Gasteiger partial charge is 1.00 e. The van der Waals surface area contributed by atoms with Crippen LogP contribution in [0.3, 0.4) is 0 Å². The molecule has 0 unspecified atom stereocenters. The van der Waals surface area contributed by atoms with Gasteiger partial charge >= 0.3 is 77.0 Å². The molecule has 0 saturated carbocycles. The van der Waals surface area contributed by atoms with Gasteiger partial charge in [0.05, 0.1) is 80.3 Å². The summed E-state index contributed by atoms with van der Waals surface area (Å²) in [5.74, 6) is -1.79. The van der Waals surface area contributed by atoms with Gasteiger partial charge in [-0.2, -0.15) is 0 Å². The molecule has 0 atom stereocenters. The van der Waals surface area contributed by atoms with Crippen LogP contribution in [0.25, 0.3) is 87.2 Å². The van der Waals surface area contributed by atoms with Crippen molar-refractivity contribution < 1.29 is 133 Å². The molecule has 0 bridgehead atoms. The van der Waals surface area contributed by atoms with Crippen LogP contribution < -0.4 is 64.2 Å². The van der Waals surface area contributed by atoms with Gasteiger partial charge in [0.1, 0.15) is 19.1 Å². The van der Waals surface area contributed by atoms with Crippen molar-refractivity contribution in [2.24, 2.45) is 0 Å². The molecule has 0 radical (unpaired) electrons. The second kappa shape index (κ2) is 45.1. The monoisotopic (exact) mass is 1380 g/mol. The van der Waals surface area contributed by atoms with Crippen LogP contribution >= 0.6 is 11.6 Å². The van der Waals surface area contributed by atoms with Crippen molar-refractivity contribution in [3.63, 3.8) is 0 Å². The number of hydrogen-bond donors (Lipinski definition) is 2. The Labute approximate surface area is 621 Å². The molecule has 1 aliphatic heterocycles. The first kappa shape index (κ1) is 80.3. The number of para-hydroxylation sites is 8. The van der Waals surface area contributed by atoms with Gasteiger partial charge in [0, 0.05) is 133 Å². The van der Waals surface area contributed by atoms with E-state index in [2.05, 4.69) is 210 Å². The predicted octanol–water partition coefficient (Wildman–Crippen LogP) is 6.20. The fourth-order valence-corrected chi connectivity index (χ4v) is 11.4. The van der Waals surface area contributed by atoms with Gasteiger partial charge in [-0.05, 0) is 61.4 Å². The first-order valence-corrected chi connectivity index (χ1v) is 32.7. The first-order chi connectivity index (χ1) is 47.2. The van der Waals surface area contributed by atoms with E-state index in [1.807, 2.05) is 12.1 Å². The standard InChI is InChI=1S/C19H21NO4.C18H19NO4.C16H17NO2.C16H16NO2.C4H8O.C3H5ClO2.2Na.H/c1-22-19(21)14-24-13-12-23-11-10-20-17-8-4-2-6-15(17)16-7-3-5-9-18(16)20;20-18(21)13-23-12-11-22-10-9-19-16-7-3-1-5-14(16)15-6-2-4-8-17(15)19;2*18-10-12-19-11-9-17-15-7-3-1-5-13(15)14-6-2-4-8-16(14)17;1-2-4-5-3-1;1-6-3(5)2-4;;;/h2-9H,10-14H2,1H3;1-8H,9-13H2,(H,20,21);1-8,18H,9-12H2;1-8H,9-12H2;1-4H2;2H2,1H3;;;/q;;;-1;;;2*+1;-1. The maximum Gasteiger partial charge on any atom is 1.00 e. The number of fused-ring (bicyclic) bond motifs is 12. The maximum atomic E-state index is 10.9. The fourth-order valence-electron chi connectivity index (χ4n) is 11.3. The van der Waals surface area contributed by atoms with E-state index in [0.717, 1.165) is 39.4 Å². The van der Waals surface area contributed by atoms with E-state index in [9.17, 15) is 19.5 Å². The third-order valence-corrected chi connectivity index (χ3v) is 15.8. The largest absolute Gasteiger partial charge is 1.00 e. The summed E-state index contributed by atoms with van der Waals surface area (Å²) in [5.41, 5.74) is 9.71. The van der Waals surface area contributed by atoms with Crippen molar-refractivity contribution in [3.8, 4) is 0 Å². The molecule has 1 fully saturated rings. The summed E-state index contributed by atoms with van der Waals surface area (Å²) >= 11 is 4.98. The van der Waals surface area contributed by atoms with Crippen LogP contribution in [0.4, 0.5) is 0 Å². The van der Waals surface area contributed by atoms with Gasteiger partial charge in [0.25, 0.3) is 0 Å². The Bertz CT molecular complexity index is 3980. The van der Waals surface area contributed by atoms with Crippen molar-refractivity contribution in [1.82, 2.24) is 18.3 Å². The number of carbonyl (C=O) groups is 3. The van der Waals surface area contributed by atoms with Crippen LogP contribution in [0, 0.1) is 0 Å². The van der Waals surface area contributed by atoms with Gasteiger partial charge in [-0.15, -0.1) is 18.2 Å². The number of carbonyl (C=O) groups excluding carboxylic acids is 2. The number of ether oxygens (including phenoxy) is 9. The topological polar surface area (TPSA) is 218 Å². The van der Waals surface area contributed by atoms with Gasteiger partial charge in [-0.25, -0.2) is 9.59 Å². The van der Waals surface area contributed by atoms with E-state index in [1.54, 1.807) is 0 Å². The number of halogens is 1.